The third-order valence-electron chi connectivity index (χ3n) is 2.28. The summed E-state index contributed by atoms with van der Waals surface area (Å²) in [5.74, 6) is -0.600. The average Bonchev–Trinajstić information content (AvgIpc) is 2.74. The van der Waals surface area contributed by atoms with Gasteiger partial charge >= 0.3 is 5.97 Å². The number of carbonyl (C=O) groups is 1. The molecule has 0 atom stereocenters. The molecule has 0 fully saturated rings. The van der Waals surface area contributed by atoms with Crippen LogP contribution in [0.4, 0.5) is 5.69 Å². The number of aromatic carboxylic acids is 1. The first-order valence-electron chi connectivity index (χ1n) is 5.23. The number of rotatable bonds is 4. The summed E-state index contributed by atoms with van der Waals surface area (Å²) in [6, 6.07) is 4.58. The van der Waals surface area contributed by atoms with E-state index in [4.69, 9.17) is 15.6 Å². The van der Waals surface area contributed by atoms with E-state index in [9.17, 15) is 4.79 Å². The molecule has 0 bridgehead atoms. The minimum Gasteiger partial charge on any atom is -0.486 e. The number of nitrogen functional groups attached to an aromatic ring is 1. The lowest BCUT2D eigenvalue weighted by molar-refractivity contribution is 0.0697. The molecule has 5 nitrogen and oxygen atoms in total. The van der Waals surface area contributed by atoms with Crippen molar-refractivity contribution in [2.45, 2.75) is 13.5 Å². The second kappa shape index (κ2) is 5.05. The van der Waals surface area contributed by atoms with Crippen LogP contribution in [-0.2, 0) is 6.61 Å². The molecule has 94 valence electrons. The van der Waals surface area contributed by atoms with Gasteiger partial charge in [0.25, 0.3) is 0 Å². The average molecular weight is 264 g/mol. The van der Waals surface area contributed by atoms with Crippen molar-refractivity contribution in [2.24, 2.45) is 0 Å². The van der Waals surface area contributed by atoms with Crippen molar-refractivity contribution in [1.82, 2.24) is 4.98 Å². The number of anilines is 1. The zero-order valence-electron chi connectivity index (χ0n) is 9.71. The van der Waals surface area contributed by atoms with Crippen molar-refractivity contribution < 1.29 is 14.6 Å². The van der Waals surface area contributed by atoms with Crippen molar-refractivity contribution in [2.75, 3.05) is 5.73 Å². The van der Waals surface area contributed by atoms with Crippen molar-refractivity contribution in [1.29, 1.82) is 0 Å². The van der Waals surface area contributed by atoms with E-state index in [1.165, 1.54) is 23.5 Å². The number of carboxylic acids is 1. The summed E-state index contributed by atoms with van der Waals surface area (Å²) < 4.78 is 5.48. The van der Waals surface area contributed by atoms with E-state index < -0.39 is 5.97 Å². The molecule has 1 aromatic carbocycles. The van der Waals surface area contributed by atoms with Gasteiger partial charge in [-0.3, -0.25) is 0 Å². The molecule has 0 aliphatic heterocycles. The maximum Gasteiger partial charge on any atom is 0.337 e. The highest BCUT2D eigenvalue weighted by molar-refractivity contribution is 7.09. The minimum absolute atomic E-state index is 0.0443. The van der Waals surface area contributed by atoms with Crippen LogP contribution >= 0.6 is 11.3 Å². The highest BCUT2D eigenvalue weighted by atomic mass is 32.1. The van der Waals surface area contributed by atoms with Gasteiger partial charge < -0.3 is 15.6 Å². The highest BCUT2D eigenvalue weighted by Gasteiger charge is 2.09. The molecular formula is C12H12N2O3S. The molecule has 0 saturated heterocycles. The lowest BCUT2D eigenvalue weighted by atomic mass is 10.2. The molecule has 2 aromatic rings. The number of carboxylic acid groups (broad SMARTS) is 1. The summed E-state index contributed by atoms with van der Waals surface area (Å²) in [5.41, 5.74) is 6.77. The second-order valence-corrected chi connectivity index (χ2v) is 4.67. The molecule has 0 saturated carbocycles. The van der Waals surface area contributed by atoms with Gasteiger partial charge in [0.05, 0.1) is 5.56 Å². The van der Waals surface area contributed by atoms with Crippen molar-refractivity contribution in [3.05, 3.63) is 39.8 Å². The number of thiazole rings is 1. The molecule has 0 radical (unpaired) electrons. The summed E-state index contributed by atoms with van der Waals surface area (Å²) >= 11 is 1.51. The number of nitrogens with two attached hydrogens (primary N) is 1. The first kappa shape index (κ1) is 12.4. The Morgan fingerprint density at radius 3 is 2.94 bits per heavy atom. The Morgan fingerprint density at radius 2 is 2.33 bits per heavy atom. The lowest BCUT2D eigenvalue weighted by Gasteiger charge is -2.06. The van der Waals surface area contributed by atoms with Crippen LogP contribution in [0.5, 0.6) is 5.75 Å². The normalized spacial score (nSPS) is 10.3. The van der Waals surface area contributed by atoms with Gasteiger partial charge in [-0.25, -0.2) is 9.78 Å². The summed E-state index contributed by atoms with van der Waals surface area (Å²) in [4.78, 5) is 15.2. The summed E-state index contributed by atoms with van der Waals surface area (Å²) in [6.07, 6.45) is 0. The topological polar surface area (TPSA) is 85.4 Å². The van der Waals surface area contributed by atoms with E-state index in [1.54, 1.807) is 6.07 Å². The van der Waals surface area contributed by atoms with Gasteiger partial charge in [0.1, 0.15) is 17.4 Å². The fourth-order valence-corrected chi connectivity index (χ4v) is 2.11. The summed E-state index contributed by atoms with van der Waals surface area (Å²) in [7, 11) is 0. The van der Waals surface area contributed by atoms with Gasteiger partial charge in [0, 0.05) is 16.8 Å². The van der Waals surface area contributed by atoms with E-state index in [0.717, 1.165) is 10.7 Å². The van der Waals surface area contributed by atoms with Crippen molar-refractivity contribution >= 4 is 23.0 Å². The summed E-state index contributed by atoms with van der Waals surface area (Å²) in [5, 5.41) is 11.7. The number of hydrogen-bond donors (Lipinski definition) is 2. The molecule has 0 spiro atoms. The predicted molar refractivity (Wildman–Crippen MR) is 69.0 cm³/mol. The minimum atomic E-state index is -1.07. The van der Waals surface area contributed by atoms with E-state index in [1.807, 2.05) is 12.3 Å². The Hall–Kier alpha value is -2.08. The summed E-state index contributed by atoms with van der Waals surface area (Å²) in [6.45, 7) is 2.23. The molecule has 18 heavy (non-hydrogen) atoms. The maximum absolute atomic E-state index is 10.9. The standard InChI is InChI=1S/C12H12N2O3S/c1-7-6-18-11(14-7)5-17-8-2-3-10(13)9(4-8)12(15)16/h2-4,6H,5,13H2,1H3,(H,15,16). The van der Waals surface area contributed by atoms with E-state index in [0.29, 0.717) is 12.4 Å². The predicted octanol–water partition coefficient (Wildman–Crippen LogP) is 2.31. The molecule has 1 aromatic heterocycles. The Morgan fingerprint density at radius 1 is 1.56 bits per heavy atom. The van der Waals surface area contributed by atoms with E-state index >= 15 is 0 Å². The molecule has 0 amide bonds. The Kier molecular flexibility index (Phi) is 3.47. The van der Waals surface area contributed by atoms with Gasteiger partial charge in [0.15, 0.2) is 0 Å². The number of ether oxygens (including phenoxy) is 1. The second-order valence-electron chi connectivity index (χ2n) is 3.73. The molecule has 0 aliphatic rings. The Balaban J connectivity index is 2.10. The molecule has 0 unspecified atom stereocenters. The molecule has 2 rings (SSSR count). The quantitative estimate of drug-likeness (QED) is 0.828. The Labute approximate surface area is 108 Å². The molecular weight excluding hydrogens is 252 g/mol. The van der Waals surface area contributed by atoms with Gasteiger partial charge in [0.2, 0.25) is 0 Å². The van der Waals surface area contributed by atoms with Crippen LogP contribution in [0.2, 0.25) is 0 Å². The molecule has 6 heteroatoms. The monoisotopic (exact) mass is 264 g/mol. The highest BCUT2D eigenvalue weighted by Crippen LogP contribution is 2.21. The third-order valence-corrected chi connectivity index (χ3v) is 3.22. The fourth-order valence-electron chi connectivity index (χ4n) is 1.42. The first-order valence-corrected chi connectivity index (χ1v) is 6.11. The van der Waals surface area contributed by atoms with Crippen molar-refractivity contribution in [3.8, 4) is 5.75 Å². The zero-order chi connectivity index (χ0) is 13.1. The van der Waals surface area contributed by atoms with Crippen LogP contribution in [0.15, 0.2) is 23.6 Å². The van der Waals surface area contributed by atoms with Crippen LogP contribution in [0.1, 0.15) is 21.1 Å². The largest absolute Gasteiger partial charge is 0.486 e. The van der Waals surface area contributed by atoms with Gasteiger partial charge in [-0.2, -0.15) is 0 Å². The van der Waals surface area contributed by atoms with Crippen molar-refractivity contribution in [3.63, 3.8) is 0 Å². The van der Waals surface area contributed by atoms with Gasteiger partial charge in [-0.15, -0.1) is 11.3 Å². The smallest absolute Gasteiger partial charge is 0.337 e. The SMILES string of the molecule is Cc1csc(COc2ccc(N)c(C(=O)O)c2)n1. The number of nitrogens with zero attached hydrogens (tertiary/aromatic N) is 1. The number of hydrogen-bond acceptors (Lipinski definition) is 5. The van der Waals surface area contributed by atoms with Gasteiger partial charge in [-0.05, 0) is 25.1 Å². The van der Waals surface area contributed by atoms with Crippen LogP contribution in [0.25, 0.3) is 0 Å². The van der Waals surface area contributed by atoms with Crippen LogP contribution in [0, 0.1) is 6.92 Å². The molecule has 3 N–H and O–H groups in total. The maximum atomic E-state index is 10.9. The lowest BCUT2D eigenvalue weighted by Crippen LogP contribution is -2.03. The fraction of sp³-hybridized carbons (Fsp3) is 0.167. The van der Waals surface area contributed by atoms with Crippen LogP contribution in [0.3, 0.4) is 0 Å². The first-order chi connectivity index (χ1) is 8.56. The van der Waals surface area contributed by atoms with Crippen LogP contribution < -0.4 is 10.5 Å². The van der Waals surface area contributed by atoms with E-state index in [2.05, 4.69) is 4.98 Å². The number of benzene rings is 1. The van der Waals surface area contributed by atoms with Gasteiger partial charge in [-0.1, -0.05) is 0 Å². The number of aryl methyl sites for hydroxylation is 1. The van der Waals surface area contributed by atoms with E-state index in [-0.39, 0.29) is 11.3 Å². The molecule has 1 heterocycles. The van der Waals surface area contributed by atoms with Crippen LogP contribution in [-0.4, -0.2) is 16.1 Å². The third kappa shape index (κ3) is 2.78. The zero-order valence-corrected chi connectivity index (χ0v) is 10.5. The number of aromatic nitrogens is 1. The Bertz CT molecular complexity index is 580. The molecule has 0 aliphatic carbocycles.